The van der Waals surface area contributed by atoms with Gasteiger partial charge in [-0.05, 0) is 42.5 Å². The molecule has 0 spiro atoms. The molecule has 0 fully saturated rings. The van der Waals surface area contributed by atoms with Gasteiger partial charge in [-0.1, -0.05) is 0 Å². The van der Waals surface area contributed by atoms with Gasteiger partial charge in [-0.25, -0.2) is 0 Å². The molecule has 0 unspecified atom stereocenters. The van der Waals surface area contributed by atoms with Crippen LogP contribution < -0.4 is 0 Å². The first kappa shape index (κ1) is 16.9. The molecular formula is C14H19N3OS2. The highest BCUT2D eigenvalue weighted by molar-refractivity contribution is 8.18. The Morgan fingerprint density at radius 2 is 2.35 bits per heavy atom. The van der Waals surface area contributed by atoms with Crippen LogP contribution in [-0.4, -0.2) is 58.7 Å². The van der Waals surface area contributed by atoms with E-state index in [1.807, 2.05) is 11.8 Å². The number of hydrogen-bond acceptors (Lipinski definition) is 6. The predicted octanol–water partition coefficient (Wildman–Crippen LogP) is 2.15. The van der Waals surface area contributed by atoms with Crippen LogP contribution >= 0.6 is 23.5 Å². The van der Waals surface area contributed by atoms with Crippen molar-refractivity contribution >= 4 is 28.6 Å². The number of nitrogens with zero attached hydrogens (tertiary/aromatic N) is 3. The largest absolute Gasteiger partial charge is 0.506 e. The van der Waals surface area contributed by atoms with Gasteiger partial charge in [0.05, 0.1) is 6.54 Å². The van der Waals surface area contributed by atoms with Crippen molar-refractivity contribution in [3.8, 4) is 17.4 Å². The first-order valence-electron chi connectivity index (χ1n) is 6.17. The average molecular weight is 309 g/mol. The molecule has 0 bridgehead atoms. The van der Waals surface area contributed by atoms with Crippen molar-refractivity contribution in [2.24, 2.45) is 4.99 Å². The minimum absolute atomic E-state index is 0.102. The molecule has 20 heavy (non-hydrogen) atoms. The summed E-state index contributed by atoms with van der Waals surface area (Å²) in [5.74, 6) is 1.21. The number of aromatic hydroxyl groups is 1. The Kier molecular flexibility index (Phi) is 8.19. The molecule has 1 N–H and O–H groups in total. The van der Waals surface area contributed by atoms with E-state index in [1.165, 1.54) is 0 Å². The SMILES string of the molecule is C#CSC(=NCCN(C)CCSC)c1ncccc1O. The van der Waals surface area contributed by atoms with Crippen molar-refractivity contribution in [2.75, 3.05) is 38.7 Å². The van der Waals surface area contributed by atoms with E-state index in [1.54, 1.807) is 18.3 Å². The number of thioether (sulfide) groups is 2. The van der Waals surface area contributed by atoms with Gasteiger partial charge in [0, 0.05) is 25.0 Å². The van der Waals surface area contributed by atoms with Gasteiger partial charge in [-0.2, -0.15) is 11.8 Å². The lowest BCUT2D eigenvalue weighted by molar-refractivity contribution is 0.366. The smallest absolute Gasteiger partial charge is 0.144 e. The molecule has 0 radical (unpaired) electrons. The molecule has 6 heteroatoms. The van der Waals surface area contributed by atoms with E-state index in [9.17, 15) is 5.11 Å². The monoisotopic (exact) mass is 309 g/mol. The molecule has 0 atom stereocenters. The molecule has 0 saturated heterocycles. The number of hydrogen-bond donors (Lipinski definition) is 1. The topological polar surface area (TPSA) is 48.7 Å². The van der Waals surface area contributed by atoms with Gasteiger partial charge in [0.1, 0.15) is 16.5 Å². The van der Waals surface area contributed by atoms with Gasteiger partial charge in [0.25, 0.3) is 0 Å². The fraction of sp³-hybridized carbons (Fsp3) is 0.429. The number of terminal acetylenes is 1. The Bertz CT molecular complexity index is 486. The summed E-state index contributed by atoms with van der Waals surface area (Å²) in [6.07, 6.45) is 9.04. The van der Waals surface area contributed by atoms with Crippen LogP contribution in [0.1, 0.15) is 5.69 Å². The summed E-state index contributed by atoms with van der Waals surface area (Å²) < 4.78 is 0. The molecule has 0 aromatic carbocycles. The van der Waals surface area contributed by atoms with E-state index >= 15 is 0 Å². The molecule has 108 valence electrons. The lowest BCUT2D eigenvalue weighted by atomic mass is 10.3. The van der Waals surface area contributed by atoms with Crippen LogP contribution in [-0.2, 0) is 0 Å². The maximum absolute atomic E-state index is 9.79. The van der Waals surface area contributed by atoms with Crippen molar-refractivity contribution in [2.45, 2.75) is 0 Å². The quantitative estimate of drug-likeness (QED) is 0.475. The summed E-state index contributed by atoms with van der Waals surface area (Å²) in [7, 11) is 2.07. The van der Waals surface area contributed by atoms with Crippen LogP contribution in [0.5, 0.6) is 5.75 Å². The van der Waals surface area contributed by atoms with E-state index in [-0.39, 0.29) is 5.75 Å². The minimum Gasteiger partial charge on any atom is -0.506 e. The van der Waals surface area contributed by atoms with Crippen LogP contribution in [0.2, 0.25) is 0 Å². The van der Waals surface area contributed by atoms with E-state index < -0.39 is 0 Å². The van der Waals surface area contributed by atoms with E-state index in [4.69, 9.17) is 6.42 Å². The van der Waals surface area contributed by atoms with Gasteiger partial charge < -0.3 is 10.0 Å². The maximum Gasteiger partial charge on any atom is 0.144 e. The molecule has 0 aliphatic heterocycles. The lowest BCUT2D eigenvalue weighted by Crippen LogP contribution is -2.24. The summed E-state index contributed by atoms with van der Waals surface area (Å²) >= 11 is 2.97. The Hall–Kier alpha value is -1.16. The number of aromatic nitrogens is 1. The summed E-state index contributed by atoms with van der Waals surface area (Å²) in [4.78, 5) is 10.8. The standard InChI is InChI=1S/C14H19N3OS2/c1-4-20-14(13-12(18)6-5-7-15-13)16-8-9-17(2)10-11-19-3/h1,5-7,18H,8-11H2,2-3H3. The Labute approximate surface area is 129 Å². The Morgan fingerprint density at radius 1 is 1.55 bits per heavy atom. The third kappa shape index (κ3) is 5.87. The highest BCUT2D eigenvalue weighted by Gasteiger charge is 2.10. The highest BCUT2D eigenvalue weighted by atomic mass is 32.2. The van der Waals surface area contributed by atoms with Crippen LogP contribution in [0.3, 0.4) is 0 Å². The molecule has 0 aliphatic rings. The molecule has 4 nitrogen and oxygen atoms in total. The maximum atomic E-state index is 9.79. The molecule has 1 aromatic rings. The van der Waals surface area contributed by atoms with Crippen molar-refractivity contribution < 1.29 is 5.11 Å². The Morgan fingerprint density at radius 3 is 3.00 bits per heavy atom. The summed E-state index contributed by atoms with van der Waals surface area (Å²) in [6.45, 7) is 2.51. The Balaban J connectivity index is 2.65. The van der Waals surface area contributed by atoms with Gasteiger partial charge in [0.15, 0.2) is 0 Å². The summed E-state index contributed by atoms with van der Waals surface area (Å²) in [6, 6.07) is 3.26. The van der Waals surface area contributed by atoms with Crippen molar-refractivity contribution in [3.05, 3.63) is 24.0 Å². The zero-order valence-electron chi connectivity index (χ0n) is 11.7. The van der Waals surface area contributed by atoms with E-state index in [0.29, 0.717) is 17.3 Å². The number of likely N-dealkylation sites (N-methyl/N-ethyl adjacent to an activating group) is 1. The van der Waals surface area contributed by atoms with Gasteiger partial charge in [0.2, 0.25) is 0 Å². The van der Waals surface area contributed by atoms with E-state index in [0.717, 1.165) is 30.6 Å². The molecule has 1 rings (SSSR count). The van der Waals surface area contributed by atoms with Crippen molar-refractivity contribution in [1.82, 2.24) is 9.88 Å². The minimum atomic E-state index is 0.102. The van der Waals surface area contributed by atoms with Crippen LogP contribution in [0.25, 0.3) is 0 Å². The zero-order valence-corrected chi connectivity index (χ0v) is 13.4. The number of aliphatic imine (C=N–C) groups is 1. The van der Waals surface area contributed by atoms with E-state index in [2.05, 4.69) is 33.4 Å². The average Bonchev–Trinajstić information content (AvgIpc) is 2.45. The molecular weight excluding hydrogens is 290 g/mol. The third-order valence-electron chi connectivity index (χ3n) is 2.56. The van der Waals surface area contributed by atoms with Crippen molar-refractivity contribution in [3.63, 3.8) is 0 Å². The second kappa shape index (κ2) is 9.70. The van der Waals surface area contributed by atoms with Crippen LogP contribution in [0.4, 0.5) is 0 Å². The fourth-order valence-corrected chi connectivity index (χ4v) is 2.47. The molecule has 0 amide bonds. The fourth-order valence-electron chi connectivity index (χ4n) is 1.45. The molecule has 1 aromatic heterocycles. The predicted molar refractivity (Wildman–Crippen MR) is 89.6 cm³/mol. The first-order valence-corrected chi connectivity index (χ1v) is 8.38. The normalized spacial score (nSPS) is 11.6. The second-order valence-electron chi connectivity index (χ2n) is 4.07. The van der Waals surface area contributed by atoms with Crippen molar-refractivity contribution in [1.29, 1.82) is 0 Å². The molecule has 1 heterocycles. The van der Waals surface area contributed by atoms with Gasteiger partial charge in [-0.3, -0.25) is 9.98 Å². The lowest BCUT2D eigenvalue weighted by Gasteiger charge is -2.14. The molecule has 0 saturated carbocycles. The highest BCUT2D eigenvalue weighted by Crippen LogP contribution is 2.19. The second-order valence-corrected chi connectivity index (χ2v) is 5.89. The third-order valence-corrected chi connectivity index (χ3v) is 3.78. The van der Waals surface area contributed by atoms with Crippen LogP contribution in [0.15, 0.2) is 23.3 Å². The number of pyridine rings is 1. The summed E-state index contributed by atoms with van der Waals surface area (Å²) in [5.41, 5.74) is 0.446. The summed E-state index contributed by atoms with van der Waals surface area (Å²) in [5, 5.41) is 12.9. The van der Waals surface area contributed by atoms with Gasteiger partial charge >= 0.3 is 0 Å². The number of rotatable bonds is 7. The van der Waals surface area contributed by atoms with Gasteiger partial charge in [-0.15, -0.1) is 6.42 Å². The van der Waals surface area contributed by atoms with Crippen LogP contribution in [0, 0.1) is 11.7 Å². The first-order chi connectivity index (χ1) is 9.69. The zero-order chi connectivity index (χ0) is 14.8. The molecule has 0 aliphatic carbocycles.